The third-order valence-electron chi connectivity index (χ3n) is 6.02. The monoisotopic (exact) mass is 372 g/mol. The Morgan fingerprint density at radius 1 is 1.11 bits per heavy atom. The Balaban J connectivity index is 1.28. The fraction of sp³-hybridized carbons (Fsp3) is 0.650. The number of pyridine rings is 1. The molecule has 3 saturated heterocycles. The molecule has 0 N–H and O–H groups in total. The van der Waals surface area contributed by atoms with E-state index in [4.69, 9.17) is 4.74 Å². The van der Waals surface area contributed by atoms with Crippen LogP contribution >= 0.6 is 0 Å². The summed E-state index contributed by atoms with van der Waals surface area (Å²) in [6.07, 6.45) is 5.99. The molecule has 1 unspecified atom stereocenters. The summed E-state index contributed by atoms with van der Waals surface area (Å²) in [6.45, 7) is 6.18. The summed E-state index contributed by atoms with van der Waals surface area (Å²) in [5.41, 5.74) is 1.05. The summed E-state index contributed by atoms with van der Waals surface area (Å²) >= 11 is 0. The van der Waals surface area contributed by atoms with Crippen LogP contribution < -0.4 is 0 Å². The lowest BCUT2D eigenvalue weighted by atomic mass is 10.0. The van der Waals surface area contributed by atoms with Crippen LogP contribution in [0.2, 0.25) is 0 Å². The van der Waals surface area contributed by atoms with Crippen LogP contribution in [0.3, 0.4) is 0 Å². The molecule has 4 heterocycles. The number of ether oxygens (including phenoxy) is 1. The molecule has 3 fully saturated rings. The second-order valence-electron chi connectivity index (χ2n) is 7.74. The van der Waals surface area contributed by atoms with E-state index in [1.165, 1.54) is 0 Å². The highest BCUT2D eigenvalue weighted by molar-refractivity contribution is 5.89. The predicted octanol–water partition coefficient (Wildman–Crippen LogP) is 0.753. The summed E-state index contributed by atoms with van der Waals surface area (Å²) in [5, 5.41) is 0. The van der Waals surface area contributed by atoms with Gasteiger partial charge in [-0.15, -0.1) is 0 Å². The summed E-state index contributed by atoms with van der Waals surface area (Å²) < 4.78 is 5.45. The molecular weight excluding hydrogens is 344 g/mol. The molecule has 3 aliphatic rings. The molecular formula is C20H28N4O3. The first-order valence-electron chi connectivity index (χ1n) is 9.98. The highest BCUT2D eigenvalue weighted by atomic mass is 16.5. The quantitative estimate of drug-likeness (QED) is 0.781. The van der Waals surface area contributed by atoms with E-state index in [9.17, 15) is 9.59 Å². The van der Waals surface area contributed by atoms with Gasteiger partial charge in [0.05, 0.1) is 5.92 Å². The van der Waals surface area contributed by atoms with Gasteiger partial charge in [0.1, 0.15) is 0 Å². The maximum Gasteiger partial charge on any atom is 0.228 e. The van der Waals surface area contributed by atoms with Crippen LogP contribution in [0.25, 0.3) is 0 Å². The van der Waals surface area contributed by atoms with Crippen LogP contribution in [0.4, 0.5) is 0 Å². The van der Waals surface area contributed by atoms with Crippen LogP contribution in [0.1, 0.15) is 24.8 Å². The molecule has 0 aliphatic carbocycles. The van der Waals surface area contributed by atoms with Gasteiger partial charge in [0, 0.05) is 77.3 Å². The van der Waals surface area contributed by atoms with E-state index in [0.717, 1.165) is 57.8 Å². The highest BCUT2D eigenvalue weighted by Gasteiger charge is 2.37. The third kappa shape index (κ3) is 4.30. The second kappa shape index (κ2) is 8.35. The normalized spacial score (nSPS) is 25.2. The zero-order valence-electron chi connectivity index (χ0n) is 15.8. The van der Waals surface area contributed by atoms with Crippen LogP contribution in [0.5, 0.6) is 0 Å². The Bertz CT molecular complexity index is 654. The van der Waals surface area contributed by atoms with Gasteiger partial charge in [0.2, 0.25) is 11.8 Å². The molecule has 27 heavy (non-hydrogen) atoms. The van der Waals surface area contributed by atoms with Crippen molar-refractivity contribution in [3.05, 3.63) is 30.1 Å². The van der Waals surface area contributed by atoms with Gasteiger partial charge in [0.15, 0.2) is 0 Å². The Morgan fingerprint density at radius 2 is 1.81 bits per heavy atom. The highest BCUT2D eigenvalue weighted by Crippen LogP contribution is 2.23. The van der Waals surface area contributed by atoms with Crippen molar-refractivity contribution in [2.75, 3.05) is 45.9 Å². The molecule has 0 saturated carbocycles. The number of nitrogens with zero attached hydrogens (tertiary/aromatic N) is 4. The van der Waals surface area contributed by atoms with E-state index in [1.807, 2.05) is 17.0 Å². The molecule has 1 aromatic heterocycles. The number of hydrogen-bond donors (Lipinski definition) is 0. The average molecular weight is 372 g/mol. The number of carbonyl (C=O) groups excluding carboxylic acids is 2. The van der Waals surface area contributed by atoms with Crippen molar-refractivity contribution in [3.8, 4) is 0 Å². The number of likely N-dealkylation sites (tertiary alicyclic amines) is 1. The lowest BCUT2D eigenvalue weighted by molar-refractivity contribution is -0.138. The lowest BCUT2D eigenvalue weighted by Crippen LogP contribution is -2.54. The standard InChI is InChI=1S/C20H28N4O3/c25-19-13-17(15-24(19)14-16-1-5-21-6-2-16)20(26)23-9-7-22(8-10-23)18-3-11-27-12-4-18/h1-2,5-6,17-18H,3-4,7-15H2. The third-order valence-corrected chi connectivity index (χ3v) is 6.02. The van der Waals surface area contributed by atoms with Crippen molar-refractivity contribution >= 4 is 11.8 Å². The largest absolute Gasteiger partial charge is 0.381 e. The molecule has 1 atom stereocenters. The Kier molecular flexibility index (Phi) is 5.69. The Hall–Kier alpha value is -1.99. The van der Waals surface area contributed by atoms with Crippen LogP contribution in [0.15, 0.2) is 24.5 Å². The SMILES string of the molecule is O=C1CC(C(=O)N2CCN(C3CCOCC3)CC2)CN1Cc1ccncc1. The minimum absolute atomic E-state index is 0.0750. The number of rotatable bonds is 4. The van der Waals surface area contributed by atoms with Crippen molar-refractivity contribution in [2.45, 2.75) is 31.8 Å². The molecule has 146 valence electrons. The number of carbonyl (C=O) groups is 2. The minimum atomic E-state index is -0.200. The first-order chi connectivity index (χ1) is 13.2. The van der Waals surface area contributed by atoms with Gasteiger partial charge in [0.25, 0.3) is 0 Å². The molecule has 0 bridgehead atoms. The van der Waals surface area contributed by atoms with E-state index < -0.39 is 0 Å². The maximum absolute atomic E-state index is 12.9. The van der Waals surface area contributed by atoms with Crippen molar-refractivity contribution in [3.63, 3.8) is 0 Å². The second-order valence-corrected chi connectivity index (χ2v) is 7.74. The van der Waals surface area contributed by atoms with Gasteiger partial charge in [-0.2, -0.15) is 0 Å². The van der Waals surface area contributed by atoms with Crippen molar-refractivity contribution in [1.29, 1.82) is 0 Å². The van der Waals surface area contributed by atoms with Crippen LogP contribution in [0, 0.1) is 5.92 Å². The topological polar surface area (TPSA) is 66.0 Å². The lowest BCUT2D eigenvalue weighted by Gasteiger charge is -2.41. The summed E-state index contributed by atoms with van der Waals surface area (Å²) in [7, 11) is 0. The molecule has 0 spiro atoms. The van der Waals surface area contributed by atoms with E-state index in [0.29, 0.717) is 25.6 Å². The number of aromatic nitrogens is 1. The zero-order chi connectivity index (χ0) is 18.6. The number of piperazine rings is 1. The van der Waals surface area contributed by atoms with Crippen LogP contribution in [-0.4, -0.2) is 83.5 Å². The van der Waals surface area contributed by atoms with E-state index >= 15 is 0 Å². The number of amides is 2. The smallest absolute Gasteiger partial charge is 0.228 e. The van der Waals surface area contributed by atoms with Gasteiger partial charge in [-0.25, -0.2) is 0 Å². The first-order valence-corrected chi connectivity index (χ1v) is 9.98. The predicted molar refractivity (Wildman–Crippen MR) is 99.8 cm³/mol. The zero-order valence-corrected chi connectivity index (χ0v) is 15.8. The number of hydrogen-bond acceptors (Lipinski definition) is 5. The van der Waals surface area contributed by atoms with Crippen molar-refractivity contribution in [2.24, 2.45) is 5.92 Å². The van der Waals surface area contributed by atoms with E-state index in [1.54, 1.807) is 17.3 Å². The fourth-order valence-electron chi connectivity index (χ4n) is 4.41. The van der Waals surface area contributed by atoms with E-state index in [-0.39, 0.29) is 17.7 Å². The van der Waals surface area contributed by atoms with Crippen LogP contribution in [-0.2, 0) is 20.9 Å². The molecule has 3 aliphatic heterocycles. The van der Waals surface area contributed by atoms with Gasteiger partial charge >= 0.3 is 0 Å². The fourth-order valence-corrected chi connectivity index (χ4v) is 4.41. The molecule has 2 amide bonds. The van der Waals surface area contributed by atoms with Gasteiger partial charge in [-0.3, -0.25) is 19.5 Å². The Labute approximate surface area is 160 Å². The van der Waals surface area contributed by atoms with Crippen molar-refractivity contribution in [1.82, 2.24) is 19.7 Å². The summed E-state index contributed by atoms with van der Waals surface area (Å²) in [6, 6.07) is 4.43. The molecule has 1 aromatic rings. The molecule has 7 heteroatoms. The Morgan fingerprint density at radius 3 is 2.52 bits per heavy atom. The van der Waals surface area contributed by atoms with Gasteiger partial charge in [-0.1, -0.05) is 0 Å². The van der Waals surface area contributed by atoms with Gasteiger partial charge < -0.3 is 14.5 Å². The maximum atomic E-state index is 12.9. The molecule has 0 aromatic carbocycles. The summed E-state index contributed by atoms with van der Waals surface area (Å²) in [5.74, 6) is 0.0205. The molecule has 7 nitrogen and oxygen atoms in total. The molecule has 4 rings (SSSR count). The van der Waals surface area contributed by atoms with Gasteiger partial charge in [-0.05, 0) is 30.5 Å². The minimum Gasteiger partial charge on any atom is -0.381 e. The first kappa shape index (κ1) is 18.4. The van der Waals surface area contributed by atoms with E-state index in [2.05, 4.69) is 9.88 Å². The average Bonchev–Trinajstić information content (AvgIpc) is 3.09. The summed E-state index contributed by atoms with van der Waals surface area (Å²) in [4.78, 5) is 35.6. The molecule has 0 radical (unpaired) electrons. The van der Waals surface area contributed by atoms with Crippen molar-refractivity contribution < 1.29 is 14.3 Å².